The van der Waals surface area contributed by atoms with E-state index in [1.807, 2.05) is 41.2 Å². The Bertz CT molecular complexity index is 543. The maximum Gasteiger partial charge on any atom is 0.108 e. The van der Waals surface area contributed by atoms with Crippen molar-refractivity contribution >= 4 is 12.4 Å². The highest BCUT2D eigenvalue weighted by Gasteiger charge is 2.14. The lowest BCUT2D eigenvalue weighted by Crippen LogP contribution is -2.40. The zero-order valence-corrected chi connectivity index (χ0v) is 13.2. The van der Waals surface area contributed by atoms with Crippen LogP contribution in [0.1, 0.15) is 11.3 Å². The minimum absolute atomic E-state index is 0. The standard InChI is InChI=1S/C15H20N4O2.ClH/c1-2-4-13(5-3-1)11-20-12-14-9-19(18-17-14)10-15-8-16-6-7-21-15;/h1-5,9,15-16H,6-8,10-12H2;1H. The fourth-order valence-corrected chi connectivity index (χ4v) is 2.29. The van der Waals surface area contributed by atoms with Crippen LogP contribution in [-0.2, 0) is 29.2 Å². The molecule has 22 heavy (non-hydrogen) atoms. The molecule has 1 fully saturated rings. The third-order valence-corrected chi connectivity index (χ3v) is 3.34. The smallest absolute Gasteiger partial charge is 0.108 e. The summed E-state index contributed by atoms with van der Waals surface area (Å²) in [5.74, 6) is 0. The molecule has 1 N–H and O–H groups in total. The van der Waals surface area contributed by atoms with E-state index in [1.54, 1.807) is 0 Å². The van der Waals surface area contributed by atoms with E-state index >= 15 is 0 Å². The van der Waals surface area contributed by atoms with Crippen molar-refractivity contribution < 1.29 is 9.47 Å². The van der Waals surface area contributed by atoms with Crippen LogP contribution < -0.4 is 5.32 Å². The lowest BCUT2D eigenvalue weighted by molar-refractivity contribution is 0.0158. The van der Waals surface area contributed by atoms with Crippen LogP contribution in [0, 0.1) is 0 Å². The van der Waals surface area contributed by atoms with Gasteiger partial charge >= 0.3 is 0 Å². The summed E-state index contributed by atoms with van der Waals surface area (Å²) < 4.78 is 13.1. The summed E-state index contributed by atoms with van der Waals surface area (Å²) in [6.45, 7) is 4.32. The monoisotopic (exact) mass is 324 g/mol. The molecule has 0 bridgehead atoms. The zero-order chi connectivity index (χ0) is 14.3. The average molecular weight is 325 g/mol. The van der Waals surface area contributed by atoms with Gasteiger partial charge < -0.3 is 14.8 Å². The third-order valence-electron chi connectivity index (χ3n) is 3.34. The first-order chi connectivity index (χ1) is 10.4. The number of ether oxygens (including phenoxy) is 2. The summed E-state index contributed by atoms with van der Waals surface area (Å²) in [5.41, 5.74) is 2.00. The number of nitrogens with zero attached hydrogens (tertiary/aromatic N) is 3. The minimum Gasteiger partial charge on any atom is -0.374 e. The molecule has 0 spiro atoms. The Balaban J connectivity index is 0.00000176. The first kappa shape index (κ1) is 16.9. The molecule has 0 saturated carbocycles. The van der Waals surface area contributed by atoms with E-state index in [4.69, 9.17) is 9.47 Å². The van der Waals surface area contributed by atoms with Crippen LogP contribution in [-0.4, -0.2) is 40.8 Å². The van der Waals surface area contributed by atoms with Crippen LogP contribution in [0.15, 0.2) is 36.5 Å². The Morgan fingerprint density at radius 1 is 1.27 bits per heavy atom. The van der Waals surface area contributed by atoms with Crippen LogP contribution in [0.25, 0.3) is 0 Å². The summed E-state index contributed by atoms with van der Waals surface area (Å²) in [5, 5.41) is 11.5. The molecule has 120 valence electrons. The largest absolute Gasteiger partial charge is 0.374 e. The maximum absolute atomic E-state index is 5.65. The van der Waals surface area contributed by atoms with Gasteiger partial charge in [0.25, 0.3) is 0 Å². The Hall–Kier alpha value is -1.47. The van der Waals surface area contributed by atoms with Crippen molar-refractivity contribution in [3.05, 3.63) is 47.8 Å². The highest BCUT2D eigenvalue weighted by molar-refractivity contribution is 5.85. The lowest BCUT2D eigenvalue weighted by atomic mass is 10.2. The molecule has 0 radical (unpaired) electrons. The summed E-state index contributed by atoms with van der Waals surface area (Å²) in [6.07, 6.45) is 2.08. The lowest BCUT2D eigenvalue weighted by Gasteiger charge is -2.23. The summed E-state index contributed by atoms with van der Waals surface area (Å²) in [4.78, 5) is 0. The second kappa shape index (κ2) is 8.85. The van der Waals surface area contributed by atoms with E-state index in [0.717, 1.165) is 37.5 Å². The highest BCUT2D eigenvalue weighted by atomic mass is 35.5. The molecule has 7 heteroatoms. The van der Waals surface area contributed by atoms with E-state index in [2.05, 4.69) is 15.6 Å². The quantitative estimate of drug-likeness (QED) is 0.870. The van der Waals surface area contributed by atoms with E-state index in [1.165, 1.54) is 0 Å². The van der Waals surface area contributed by atoms with E-state index in [0.29, 0.717) is 13.2 Å². The SMILES string of the molecule is Cl.c1ccc(COCc2cn(CC3CNCCO3)nn2)cc1. The number of hydrogen-bond donors (Lipinski definition) is 1. The van der Waals surface area contributed by atoms with Gasteiger partial charge in [0, 0.05) is 13.1 Å². The van der Waals surface area contributed by atoms with Crippen molar-refractivity contribution in [1.29, 1.82) is 0 Å². The van der Waals surface area contributed by atoms with Gasteiger partial charge in [0.15, 0.2) is 0 Å². The summed E-state index contributed by atoms with van der Waals surface area (Å²) in [6, 6.07) is 10.1. The van der Waals surface area contributed by atoms with Gasteiger partial charge in [0.1, 0.15) is 5.69 Å². The fraction of sp³-hybridized carbons (Fsp3) is 0.467. The van der Waals surface area contributed by atoms with E-state index in [9.17, 15) is 0 Å². The number of aromatic nitrogens is 3. The minimum atomic E-state index is 0. The summed E-state index contributed by atoms with van der Waals surface area (Å²) >= 11 is 0. The molecule has 0 aliphatic carbocycles. The van der Waals surface area contributed by atoms with Gasteiger partial charge in [-0.15, -0.1) is 17.5 Å². The van der Waals surface area contributed by atoms with Gasteiger partial charge in [0.2, 0.25) is 0 Å². The second-order valence-electron chi connectivity index (χ2n) is 5.11. The van der Waals surface area contributed by atoms with Crippen molar-refractivity contribution in [3.8, 4) is 0 Å². The van der Waals surface area contributed by atoms with Gasteiger partial charge in [-0.1, -0.05) is 35.5 Å². The van der Waals surface area contributed by atoms with Crippen LogP contribution in [0.3, 0.4) is 0 Å². The molecular formula is C15H21ClN4O2. The van der Waals surface area contributed by atoms with Gasteiger partial charge in [-0.05, 0) is 5.56 Å². The molecule has 2 heterocycles. The Morgan fingerprint density at radius 3 is 2.91 bits per heavy atom. The van der Waals surface area contributed by atoms with Crippen molar-refractivity contribution in [2.75, 3.05) is 19.7 Å². The topological polar surface area (TPSA) is 61.2 Å². The normalized spacial score (nSPS) is 17.9. The number of benzene rings is 1. The molecule has 1 aromatic carbocycles. The first-order valence-corrected chi connectivity index (χ1v) is 7.23. The number of halogens is 1. The number of morpholine rings is 1. The molecule has 1 aliphatic heterocycles. The Morgan fingerprint density at radius 2 is 2.14 bits per heavy atom. The van der Waals surface area contributed by atoms with Crippen LogP contribution in [0.5, 0.6) is 0 Å². The van der Waals surface area contributed by atoms with E-state index in [-0.39, 0.29) is 18.5 Å². The summed E-state index contributed by atoms with van der Waals surface area (Å²) in [7, 11) is 0. The number of hydrogen-bond acceptors (Lipinski definition) is 5. The highest BCUT2D eigenvalue weighted by Crippen LogP contribution is 2.05. The molecule has 1 aliphatic rings. The zero-order valence-electron chi connectivity index (χ0n) is 12.4. The van der Waals surface area contributed by atoms with Gasteiger partial charge in [-0.2, -0.15) is 0 Å². The molecule has 2 aromatic rings. The number of nitrogens with one attached hydrogen (secondary N) is 1. The van der Waals surface area contributed by atoms with Crippen molar-refractivity contribution in [3.63, 3.8) is 0 Å². The molecule has 1 saturated heterocycles. The molecule has 1 aromatic heterocycles. The predicted molar refractivity (Wildman–Crippen MR) is 84.8 cm³/mol. The van der Waals surface area contributed by atoms with Gasteiger partial charge in [-0.3, -0.25) is 0 Å². The molecule has 3 rings (SSSR count). The fourth-order valence-electron chi connectivity index (χ4n) is 2.29. The molecule has 1 atom stereocenters. The van der Waals surface area contributed by atoms with E-state index < -0.39 is 0 Å². The van der Waals surface area contributed by atoms with Gasteiger partial charge in [-0.25, -0.2) is 4.68 Å². The average Bonchev–Trinajstić information content (AvgIpc) is 2.97. The Labute approximate surface area is 136 Å². The van der Waals surface area contributed by atoms with Crippen LogP contribution in [0.4, 0.5) is 0 Å². The van der Waals surface area contributed by atoms with Gasteiger partial charge in [0.05, 0.1) is 38.7 Å². The molecule has 6 nitrogen and oxygen atoms in total. The molecule has 0 amide bonds. The molecular weight excluding hydrogens is 304 g/mol. The second-order valence-corrected chi connectivity index (χ2v) is 5.11. The van der Waals surface area contributed by atoms with Crippen molar-refractivity contribution in [2.45, 2.75) is 25.9 Å². The first-order valence-electron chi connectivity index (χ1n) is 7.23. The van der Waals surface area contributed by atoms with Crippen molar-refractivity contribution in [1.82, 2.24) is 20.3 Å². The number of rotatable bonds is 6. The molecule has 1 unspecified atom stereocenters. The van der Waals surface area contributed by atoms with Crippen molar-refractivity contribution in [2.24, 2.45) is 0 Å². The van der Waals surface area contributed by atoms with Crippen LogP contribution >= 0.6 is 12.4 Å². The maximum atomic E-state index is 5.65. The van der Waals surface area contributed by atoms with Crippen LogP contribution in [0.2, 0.25) is 0 Å². The predicted octanol–water partition coefficient (Wildman–Crippen LogP) is 1.41. The third kappa shape index (κ3) is 5.06. The Kier molecular flexibility index (Phi) is 6.79.